The van der Waals surface area contributed by atoms with E-state index in [2.05, 4.69) is 10.1 Å². The molecule has 0 bridgehead atoms. The quantitative estimate of drug-likeness (QED) is 0.827. The monoisotopic (exact) mass is 277 g/mol. The van der Waals surface area contributed by atoms with E-state index in [1.807, 2.05) is 25.1 Å². The summed E-state index contributed by atoms with van der Waals surface area (Å²) in [6.07, 6.45) is 0.685. The molecule has 0 atom stereocenters. The van der Waals surface area contributed by atoms with Crippen LogP contribution in [-0.2, 0) is 24.4 Å². The second-order valence-electron chi connectivity index (χ2n) is 4.44. The Balaban J connectivity index is 2.02. The van der Waals surface area contributed by atoms with Gasteiger partial charge in [-0.25, -0.2) is 0 Å². The van der Waals surface area contributed by atoms with Gasteiger partial charge in [-0.15, -0.1) is 0 Å². The number of nitrogens with two attached hydrogens (primary N) is 1. The molecule has 0 fully saturated rings. The van der Waals surface area contributed by atoms with Crippen LogP contribution < -0.4 is 10.5 Å². The molecule has 2 rings (SSSR count). The van der Waals surface area contributed by atoms with E-state index in [0.29, 0.717) is 31.9 Å². The highest BCUT2D eigenvalue weighted by atomic mass is 16.5. The van der Waals surface area contributed by atoms with Crippen molar-refractivity contribution in [3.05, 3.63) is 41.0 Å². The first-order valence-electron chi connectivity index (χ1n) is 6.45. The molecule has 2 N–H and O–H groups in total. The Hall–Kier alpha value is -1.92. The molecular formula is C14H19N3O3. The van der Waals surface area contributed by atoms with Crippen molar-refractivity contribution in [1.29, 1.82) is 0 Å². The third-order valence-electron chi connectivity index (χ3n) is 2.72. The van der Waals surface area contributed by atoms with Crippen molar-refractivity contribution in [3.63, 3.8) is 0 Å². The maximum Gasteiger partial charge on any atom is 0.162 e. The Morgan fingerprint density at radius 1 is 1.30 bits per heavy atom. The van der Waals surface area contributed by atoms with Gasteiger partial charge < -0.3 is 19.7 Å². The van der Waals surface area contributed by atoms with E-state index >= 15 is 0 Å². The summed E-state index contributed by atoms with van der Waals surface area (Å²) in [6.45, 7) is 3.21. The van der Waals surface area contributed by atoms with E-state index in [4.69, 9.17) is 19.7 Å². The highest BCUT2D eigenvalue weighted by Gasteiger charge is 2.08. The lowest BCUT2D eigenvalue weighted by Gasteiger charge is -2.09. The highest BCUT2D eigenvalue weighted by Crippen LogP contribution is 2.19. The topological polar surface area (TPSA) is 83.4 Å². The van der Waals surface area contributed by atoms with Gasteiger partial charge in [0.25, 0.3) is 0 Å². The molecule has 20 heavy (non-hydrogen) atoms. The minimum Gasteiger partial charge on any atom is -0.485 e. The largest absolute Gasteiger partial charge is 0.485 e. The fourth-order valence-electron chi connectivity index (χ4n) is 1.83. The van der Waals surface area contributed by atoms with Crippen LogP contribution in [0.2, 0.25) is 0 Å². The standard InChI is InChI=1S/C14H19N3O3/c1-10-3-4-14(13(16-10)5-6-15)19-8-11-7-12(9-18-2)20-17-11/h3-4,7H,5-6,8-9,15H2,1-2H3. The first kappa shape index (κ1) is 14.5. The van der Waals surface area contributed by atoms with Crippen LogP contribution in [-0.4, -0.2) is 23.8 Å². The Morgan fingerprint density at radius 2 is 2.15 bits per heavy atom. The number of hydrogen-bond acceptors (Lipinski definition) is 6. The molecule has 6 heteroatoms. The van der Waals surface area contributed by atoms with Crippen molar-refractivity contribution < 1.29 is 14.0 Å². The summed E-state index contributed by atoms with van der Waals surface area (Å²) < 4.78 is 15.8. The molecule has 0 aromatic carbocycles. The van der Waals surface area contributed by atoms with Crippen LogP contribution in [0.4, 0.5) is 0 Å². The number of ether oxygens (including phenoxy) is 2. The van der Waals surface area contributed by atoms with Gasteiger partial charge in [0, 0.05) is 25.3 Å². The summed E-state index contributed by atoms with van der Waals surface area (Å²) in [5.74, 6) is 1.41. The molecule has 0 aliphatic heterocycles. The summed E-state index contributed by atoms with van der Waals surface area (Å²) >= 11 is 0. The molecule has 2 heterocycles. The van der Waals surface area contributed by atoms with Crippen LogP contribution in [0.1, 0.15) is 22.8 Å². The van der Waals surface area contributed by atoms with Crippen molar-refractivity contribution in [3.8, 4) is 5.75 Å². The van der Waals surface area contributed by atoms with Crippen LogP contribution in [0.25, 0.3) is 0 Å². The minimum atomic E-state index is 0.329. The summed E-state index contributed by atoms with van der Waals surface area (Å²) in [4.78, 5) is 4.44. The van der Waals surface area contributed by atoms with Gasteiger partial charge in [-0.2, -0.15) is 0 Å². The molecule has 0 radical (unpaired) electrons. The molecule has 0 aliphatic rings. The Kier molecular flexibility index (Phi) is 5.09. The van der Waals surface area contributed by atoms with Crippen molar-refractivity contribution >= 4 is 0 Å². The van der Waals surface area contributed by atoms with Crippen LogP contribution in [0, 0.1) is 6.92 Å². The van der Waals surface area contributed by atoms with Crippen LogP contribution in [0.3, 0.4) is 0 Å². The van der Waals surface area contributed by atoms with E-state index in [0.717, 1.165) is 22.8 Å². The van der Waals surface area contributed by atoms with Gasteiger partial charge in [0.15, 0.2) is 5.76 Å². The van der Waals surface area contributed by atoms with E-state index in [1.165, 1.54) is 0 Å². The van der Waals surface area contributed by atoms with Gasteiger partial charge in [-0.1, -0.05) is 5.16 Å². The molecule has 6 nitrogen and oxygen atoms in total. The number of rotatable bonds is 7. The number of pyridine rings is 1. The Morgan fingerprint density at radius 3 is 2.90 bits per heavy atom. The van der Waals surface area contributed by atoms with Crippen molar-refractivity contribution in [2.75, 3.05) is 13.7 Å². The summed E-state index contributed by atoms with van der Waals surface area (Å²) in [7, 11) is 1.61. The van der Waals surface area contributed by atoms with Crippen LogP contribution >= 0.6 is 0 Å². The maximum absolute atomic E-state index is 5.74. The predicted molar refractivity (Wildman–Crippen MR) is 73.3 cm³/mol. The van der Waals surface area contributed by atoms with E-state index in [-0.39, 0.29) is 0 Å². The molecule has 0 unspecified atom stereocenters. The van der Waals surface area contributed by atoms with Crippen molar-refractivity contribution in [2.45, 2.75) is 26.6 Å². The van der Waals surface area contributed by atoms with Gasteiger partial charge >= 0.3 is 0 Å². The first-order valence-corrected chi connectivity index (χ1v) is 6.45. The van der Waals surface area contributed by atoms with Gasteiger partial charge in [0.05, 0.1) is 5.69 Å². The van der Waals surface area contributed by atoms with Crippen molar-refractivity contribution in [1.82, 2.24) is 10.1 Å². The molecule has 0 spiro atoms. The van der Waals surface area contributed by atoms with E-state index in [9.17, 15) is 0 Å². The smallest absolute Gasteiger partial charge is 0.162 e. The molecular weight excluding hydrogens is 258 g/mol. The van der Waals surface area contributed by atoms with Gasteiger partial charge in [-0.05, 0) is 25.6 Å². The highest BCUT2D eigenvalue weighted by molar-refractivity contribution is 5.29. The average Bonchev–Trinajstić information content (AvgIpc) is 2.86. The maximum atomic E-state index is 5.74. The zero-order valence-corrected chi connectivity index (χ0v) is 11.8. The fourth-order valence-corrected chi connectivity index (χ4v) is 1.83. The average molecular weight is 277 g/mol. The molecule has 108 valence electrons. The van der Waals surface area contributed by atoms with Gasteiger partial charge in [0.2, 0.25) is 0 Å². The summed E-state index contributed by atoms with van der Waals surface area (Å²) in [6, 6.07) is 5.63. The third kappa shape index (κ3) is 3.79. The second-order valence-corrected chi connectivity index (χ2v) is 4.44. The molecule has 2 aromatic heterocycles. The van der Waals surface area contributed by atoms with Gasteiger partial charge in [0.1, 0.15) is 24.7 Å². The second kappa shape index (κ2) is 7.02. The zero-order chi connectivity index (χ0) is 14.4. The predicted octanol–water partition coefficient (Wildman–Crippen LogP) is 1.60. The lowest BCUT2D eigenvalue weighted by Crippen LogP contribution is -2.08. The Labute approximate surface area is 117 Å². The first-order chi connectivity index (χ1) is 9.72. The molecule has 0 amide bonds. The lowest BCUT2D eigenvalue weighted by molar-refractivity contribution is 0.155. The van der Waals surface area contributed by atoms with E-state index in [1.54, 1.807) is 7.11 Å². The number of aromatic nitrogens is 2. The Bertz CT molecular complexity index is 554. The third-order valence-corrected chi connectivity index (χ3v) is 2.72. The SMILES string of the molecule is COCc1cc(COc2ccc(C)nc2CCN)no1. The minimum absolute atomic E-state index is 0.329. The molecule has 0 aliphatic carbocycles. The van der Waals surface area contributed by atoms with Gasteiger partial charge in [-0.3, -0.25) is 4.98 Å². The fraction of sp³-hybridized carbons (Fsp3) is 0.429. The number of hydrogen-bond donors (Lipinski definition) is 1. The summed E-state index contributed by atoms with van der Waals surface area (Å²) in [5.41, 5.74) is 8.12. The lowest BCUT2D eigenvalue weighted by atomic mass is 10.2. The van der Waals surface area contributed by atoms with E-state index < -0.39 is 0 Å². The number of methoxy groups -OCH3 is 1. The van der Waals surface area contributed by atoms with Crippen LogP contribution in [0.15, 0.2) is 22.7 Å². The molecule has 2 aromatic rings. The summed E-state index contributed by atoms with van der Waals surface area (Å²) in [5, 5.41) is 3.92. The normalized spacial score (nSPS) is 10.8. The van der Waals surface area contributed by atoms with Crippen LogP contribution in [0.5, 0.6) is 5.75 Å². The van der Waals surface area contributed by atoms with Crippen molar-refractivity contribution in [2.24, 2.45) is 5.73 Å². The zero-order valence-electron chi connectivity index (χ0n) is 11.8. The molecule has 0 saturated heterocycles. The molecule has 0 saturated carbocycles. The number of aryl methyl sites for hydroxylation is 1. The number of nitrogens with zero attached hydrogens (tertiary/aromatic N) is 2.